The Labute approximate surface area is 147 Å². The van der Waals surface area contributed by atoms with Gasteiger partial charge in [-0.25, -0.2) is 18.0 Å². The number of anilines is 2. The van der Waals surface area contributed by atoms with E-state index < -0.39 is 23.5 Å². The first-order valence-electron chi connectivity index (χ1n) is 7.65. The molecule has 132 valence electrons. The number of carbonyl (C=O) groups is 1. The summed E-state index contributed by atoms with van der Waals surface area (Å²) in [6.45, 7) is 1.97. The highest BCUT2D eigenvalue weighted by molar-refractivity contribution is 6.30. The lowest BCUT2D eigenvalue weighted by Gasteiger charge is -2.36. The zero-order valence-electron chi connectivity index (χ0n) is 13.1. The molecule has 0 aliphatic carbocycles. The van der Waals surface area contributed by atoms with Crippen molar-refractivity contribution in [2.45, 2.75) is 0 Å². The lowest BCUT2D eigenvalue weighted by atomic mass is 10.2. The molecule has 0 atom stereocenters. The number of urea groups is 1. The number of benzene rings is 2. The predicted molar refractivity (Wildman–Crippen MR) is 90.6 cm³/mol. The van der Waals surface area contributed by atoms with E-state index in [-0.39, 0.29) is 5.69 Å². The van der Waals surface area contributed by atoms with Gasteiger partial charge in [0.25, 0.3) is 0 Å². The van der Waals surface area contributed by atoms with Crippen molar-refractivity contribution >= 4 is 29.0 Å². The summed E-state index contributed by atoms with van der Waals surface area (Å²) in [6.07, 6.45) is 0. The SMILES string of the molecule is O=C(Nc1ccc(F)c(F)c1F)N1CCN(c2cccc(Cl)c2)CC1. The van der Waals surface area contributed by atoms with Gasteiger partial charge >= 0.3 is 6.03 Å². The van der Waals surface area contributed by atoms with Crippen LogP contribution >= 0.6 is 11.6 Å². The standard InChI is InChI=1S/C17H15ClF3N3O/c18-11-2-1-3-12(10-11)23-6-8-24(9-7-23)17(25)22-14-5-4-13(19)15(20)16(14)21/h1-5,10H,6-9H2,(H,22,25). The van der Waals surface area contributed by atoms with Crippen LogP contribution in [-0.4, -0.2) is 37.1 Å². The molecule has 0 saturated carbocycles. The second-order valence-corrected chi connectivity index (χ2v) is 6.04. The summed E-state index contributed by atoms with van der Waals surface area (Å²) >= 11 is 5.98. The van der Waals surface area contributed by atoms with Gasteiger partial charge in [0.05, 0.1) is 5.69 Å². The predicted octanol–water partition coefficient (Wildman–Crippen LogP) is 4.11. The first-order chi connectivity index (χ1) is 12.0. The third-order valence-corrected chi connectivity index (χ3v) is 4.25. The van der Waals surface area contributed by atoms with Gasteiger partial charge in [-0.2, -0.15) is 0 Å². The van der Waals surface area contributed by atoms with E-state index in [2.05, 4.69) is 10.2 Å². The van der Waals surface area contributed by atoms with Crippen molar-refractivity contribution in [2.75, 3.05) is 36.4 Å². The van der Waals surface area contributed by atoms with Crippen LogP contribution in [-0.2, 0) is 0 Å². The number of hydrogen-bond donors (Lipinski definition) is 1. The topological polar surface area (TPSA) is 35.6 Å². The average molecular weight is 370 g/mol. The van der Waals surface area contributed by atoms with E-state index >= 15 is 0 Å². The summed E-state index contributed by atoms with van der Waals surface area (Å²) in [6, 6.07) is 8.61. The van der Waals surface area contributed by atoms with Crippen LogP contribution in [0.5, 0.6) is 0 Å². The van der Waals surface area contributed by atoms with Gasteiger partial charge in [0.2, 0.25) is 0 Å². The molecule has 1 aliphatic heterocycles. The summed E-state index contributed by atoms with van der Waals surface area (Å²) in [5.41, 5.74) is 0.570. The minimum absolute atomic E-state index is 0.388. The molecule has 25 heavy (non-hydrogen) atoms. The van der Waals surface area contributed by atoms with Crippen LogP contribution < -0.4 is 10.2 Å². The van der Waals surface area contributed by atoms with E-state index in [9.17, 15) is 18.0 Å². The molecule has 2 aromatic carbocycles. The molecule has 1 saturated heterocycles. The van der Waals surface area contributed by atoms with Gasteiger partial charge in [0.15, 0.2) is 17.5 Å². The number of halogens is 4. The molecule has 0 radical (unpaired) electrons. The maximum Gasteiger partial charge on any atom is 0.322 e. The first kappa shape index (κ1) is 17.4. The van der Waals surface area contributed by atoms with Crippen LogP contribution in [0.4, 0.5) is 29.3 Å². The van der Waals surface area contributed by atoms with Gasteiger partial charge in [0, 0.05) is 36.9 Å². The van der Waals surface area contributed by atoms with Crippen LogP contribution in [0.2, 0.25) is 5.02 Å². The molecule has 2 amide bonds. The fourth-order valence-corrected chi connectivity index (χ4v) is 2.84. The molecule has 1 aliphatic rings. The quantitative estimate of drug-likeness (QED) is 0.809. The van der Waals surface area contributed by atoms with Crippen molar-refractivity contribution in [1.82, 2.24) is 4.90 Å². The van der Waals surface area contributed by atoms with Crippen LogP contribution in [0.15, 0.2) is 36.4 Å². The minimum Gasteiger partial charge on any atom is -0.368 e. The van der Waals surface area contributed by atoms with Crippen molar-refractivity contribution < 1.29 is 18.0 Å². The molecular weight excluding hydrogens is 355 g/mol. The van der Waals surface area contributed by atoms with E-state index in [1.165, 1.54) is 4.90 Å². The highest BCUT2D eigenvalue weighted by Crippen LogP contribution is 2.22. The van der Waals surface area contributed by atoms with Gasteiger partial charge in [-0.1, -0.05) is 17.7 Å². The van der Waals surface area contributed by atoms with Gasteiger partial charge in [-0.05, 0) is 30.3 Å². The van der Waals surface area contributed by atoms with Crippen LogP contribution in [0.3, 0.4) is 0 Å². The van der Waals surface area contributed by atoms with E-state index in [1.54, 1.807) is 6.07 Å². The third-order valence-electron chi connectivity index (χ3n) is 4.02. The second kappa shape index (κ2) is 7.23. The number of nitrogens with one attached hydrogen (secondary N) is 1. The fourth-order valence-electron chi connectivity index (χ4n) is 2.66. The minimum atomic E-state index is -1.61. The molecule has 0 aromatic heterocycles. The molecule has 1 N–H and O–H groups in total. The molecule has 1 fully saturated rings. The normalized spacial score (nSPS) is 14.6. The number of nitrogens with zero attached hydrogens (tertiary/aromatic N) is 2. The van der Waals surface area contributed by atoms with Crippen molar-refractivity contribution in [2.24, 2.45) is 0 Å². The Morgan fingerprint density at radius 3 is 2.40 bits per heavy atom. The van der Waals surface area contributed by atoms with Crippen LogP contribution in [0, 0.1) is 17.5 Å². The molecule has 4 nitrogen and oxygen atoms in total. The van der Waals surface area contributed by atoms with Crippen molar-refractivity contribution in [3.05, 3.63) is 58.9 Å². The largest absolute Gasteiger partial charge is 0.368 e. The molecular formula is C17H15ClF3N3O. The zero-order valence-corrected chi connectivity index (χ0v) is 13.9. The van der Waals surface area contributed by atoms with Gasteiger partial charge in [-0.15, -0.1) is 0 Å². The molecule has 0 bridgehead atoms. The molecule has 8 heteroatoms. The number of carbonyl (C=O) groups excluding carboxylic acids is 1. The first-order valence-corrected chi connectivity index (χ1v) is 8.03. The summed E-state index contributed by atoms with van der Waals surface area (Å²) in [5.74, 6) is -4.32. The van der Waals surface area contributed by atoms with E-state index in [4.69, 9.17) is 11.6 Å². The average Bonchev–Trinajstić information content (AvgIpc) is 2.62. The lowest BCUT2D eigenvalue weighted by molar-refractivity contribution is 0.208. The van der Waals surface area contributed by atoms with Gasteiger partial charge < -0.3 is 15.1 Å². The van der Waals surface area contributed by atoms with E-state index in [0.29, 0.717) is 31.2 Å². The second-order valence-electron chi connectivity index (χ2n) is 5.61. The molecule has 3 rings (SSSR count). The highest BCUT2D eigenvalue weighted by atomic mass is 35.5. The third kappa shape index (κ3) is 3.82. The van der Waals surface area contributed by atoms with Gasteiger partial charge in [0.1, 0.15) is 0 Å². The molecule has 1 heterocycles. The molecule has 2 aromatic rings. The maximum absolute atomic E-state index is 13.6. The Kier molecular flexibility index (Phi) is 5.03. The smallest absolute Gasteiger partial charge is 0.322 e. The van der Waals surface area contributed by atoms with Crippen molar-refractivity contribution in [3.8, 4) is 0 Å². The van der Waals surface area contributed by atoms with Crippen LogP contribution in [0.1, 0.15) is 0 Å². The number of hydrogen-bond acceptors (Lipinski definition) is 2. The monoisotopic (exact) mass is 369 g/mol. The van der Waals surface area contributed by atoms with E-state index in [1.807, 2.05) is 18.2 Å². The van der Waals surface area contributed by atoms with Crippen molar-refractivity contribution in [1.29, 1.82) is 0 Å². The Morgan fingerprint density at radius 1 is 1.00 bits per heavy atom. The number of amides is 2. The van der Waals surface area contributed by atoms with Crippen LogP contribution in [0.25, 0.3) is 0 Å². The Balaban J connectivity index is 1.61. The Morgan fingerprint density at radius 2 is 1.72 bits per heavy atom. The summed E-state index contributed by atoms with van der Waals surface area (Å²) in [7, 11) is 0. The fraction of sp³-hybridized carbons (Fsp3) is 0.235. The number of rotatable bonds is 2. The molecule has 0 unspecified atom stereocenters. The summed E-state index contributed by atoms with van der Waals surface area (Å²) in [4.78, 5) is 15.8. The summed E-state index contributed by atoms with van der Waals surface area (Å²) < 4.78 is 39.8. The van der Waals surface area contributed by atoms with E-state index in [0.717, 1.165) is 17.8 Å². The maximum atomic E-state index is 13.6. The molecule has 0 spiro atoms. The lowest BCUT2D eigenvalue weighted by Crippen LogP contribution is -2.50. The van der Waals surface area contributed by atoms with Crippen molar-refractivity contribution in [3.63, 3.8) is 0 Å². The van der Waals surface area contributed by atoms with Gasteiger partial charge in [-0.3, -0.25) is 0 Å². The highest BCUT2D eigenvalue weighted by Gasteiger charge is 2.23. The number of piperazine rings is 1. The Bertz CT molecular complexity index is 795. The zero-order chi connectivity index (χ0) is 18.0. The summed E-state index contributed by atoms with van der Waals surface area (Å²) in [5, 5.41) is 2.91. The Hall–Kier alpha value is -2.41.